The van der Waals surface area contributed by atoms with Gasteiger partial charge < -0.3 is 15.3 Å². The molecule has 0 aromatic carbocycles. The fraction of sp³-hybridized carbons (Fsp3) is 0.667. The predicted octanol–water partition coefficient (Wildman–Crippen LogP) is -0.456. The van der Waals surface area contributed by atoms with E-state index in [1.54, 1.807) is 0 Å². The number of carboxylic acids is 1. The second kappa shape index (κ2) is 6.88. The Morgan fingerprint density at radius 2 is 2.15 bits per heavy atom. The summed E-state index contributed by atoms with van der Waals surface area (Å²) in [5, 5.41) is 13.3. The Labute approximate surface area is 116 Å². The van der Waals surface area contributed by atoms with Crippen LogP contribution in [0, 0.1) is 5.92 Å². The molecule has 1 saturated heterocycles. The zero-order valence-electron chi connectivity index (χ0n) is 11.5. The number of imide groups is 1. The fourth-order valence-corrected chi connectivity index (χ4v) is 1.80. The van der Waals surface area contributed by atoms with Crippen molar-refractivity contribution in [3.05, 3.63) is 0 Å². The molecule has 0 aromatic heterocycles. The van der Waals surface area contributed by atoms with Gasteiger partial charge >= 0.3 is 12.0 Å². The number of carbonyl (C=O) groups excluding carboxylic acids is 3. The van der Waals surface area contributed by atoms with Crippen molar-refractivity contribution < 1.29 is 24.3 Å². The first-order valence-corrected chi connectivity index (χ1v) is 6.41. The molecule has 1 heterocycles. The monoisotopic (exact) mass is 285 g/mol. The molecule has 0 radical (unpaired) electrons. The molecule has 2 unspecified atom stereocenters. The number of rotatable bonds is 5. The lowest BCUT2D eigenvalue weighted by atomic mass is 10.1. The molecule has 2 atom stereocenters. The Hall–Kier alpha value is -2.12. The molecule has 1 rings (SSSR count). The zero-order valence-corrected chi connectivity index (χ0v) is 11.5. The van der Waals surface area contributed by atoms with Gasteiger partial charge in [-0.1, -0.05) is 6.92 Å². The molecule has 1 aliphatic rings. The molecular formula is C12H19N3O5. The first kappa shape index (κ1) is 15.9. The average Bonchev–Trinajstić information content (AvgIpc) is 2.37. The maximum atomic E-state index is 11.9. The van der Waals surface area contributed by atoms with Gasteiger partial charge in [-0.05, 0) is 19.3 Å². The second-order valence-corrected chi connectivity index (χ2v) is 4.94. The van der Waals surface area contributed by atoms with E-state index in [2.05, 4.69) is 10.6 Å². The van der Waals surface area contributed by atoms with Gasteiger partial charge in [0.1, 0.15) is 12.6 Å². The lowest BCUT2D eigenvalue weighted by molar-refractivity contribution is -0.138. The van der Waals surface area contributed by atoms with Gasteiger partial charge in [0.15, 0.2) is 0 Å². The van der Waals surface area contributed by atoms with Crippen LogP contribution in [0.1, 0.15) is 26.7 Å². The number of aliphatic carboxylic acids is 1. The van der Waals surface area contributed by atoms with Crippen LogP contribution in [0.25, 0.3) is 0 Å². The molecule has 0 bridgehead atoms. The van der Waals surface area contributed by atoms with Crippen molar-refractivity contribution >= 4 is 23.8 Å². The van der Waals surface area contributed by atoms with Crippen molar-refractivity contribution in [2.45, 2.75) is 32.7 Å². The molecule has 1 aliphatic heterocycles. The van der Waals surface area contributed by atoms with E-state index in [0.717, 1.165) is 4.90 Å². The Balaban J connectivity index is 2.43. The van der Waals surface area contributed by atoms with Crippen LogP contribution in [0.5, 0.6) is 0 Å². The smallest absolute Gasteiger partial charge is 0.318 e. The molecule has 4 amide bonds. The third-order valence-electron chi connectivity index (χ3n) is 3.14. The largest absolute Gasteiger partial charge is 0.481 e. The quantitative estimate of drug-likeness (QED) is 0.591. The van der Waals surface area contributed by atoms with Crippen LogP contribution in [0.15, 0.2) is 0 Å². The van der Waals surface area contributed by atoms with Gasteiger partial charge in [-0.25, -0.2) is 4.79 Å². The number of hydrogen-bond donors (Lipinski definition) is 3. The van der Waals surface area contributed by atoms with E-state index in [0.29, 0.717) is 13.0 Å². The molecular weight excluding hydrogens is 266 g/mol. The number of urea groups is 1. The van der Waals surface area contributed by atoms with Gasteiger partial charge in [-0.15, -0.1) is 0 Å². The summed E-state index contributed by atoms with van der Waals surface area (Å²) in [5.41, 5.74) is 0. The molecule has 0 saturated carbocycles. The predicted molar refractivity (Wildman–Crippen MR) is 68.8 cm³/mol. The topological polar surface area (TPSA) is 116 Å². The van der Waals surface area contributed by atoms with E-state index in [1.165, 1.54) is 6.92 Å². The summed E-state index contributed by atoms with van der Waals surface area (Å²) in [5.74, 6) is -1.90. The van der Waals surface area contributed by atoms with E-state index in [-0.39, 0.29) is 18.9 Å². The van der Waals surface area contributed by atoms with E-state index in [1.807, 2.05) is 6.92 Å². The fourth-order valence-electron chi connectivity index (χ4n) is 1.80. The van der Waals surface area contributed by atoms with Gasteiger partial charge in [-0.3, -0.25) is 19.7 Å². The van der Waals surface area contributed by atoms with Crippen LogP contribution in [0.3, 0.4) is 0 Å². The van der Waals surface area contributed by atoms with Crippen molar-refractivity contribution in [3.63, 3.8) is 0 Å². The molecule has 8 heteroatoms. The maximum Gasteiger partial charge on any atom is 0.318 e. The highest BCUT2D eigenvalue weighted by molar-refractivity contribution is 6.03. The summed E-state index contributed by atoms with van der Waals surface area (Å²) >= 11 is 0. The van der Waals surface area contributed by atoms with Gasteiger partial charge in [0.2, 0.25) is 11.8 Å². The summed E-state index contributed by atoms with van der Waals surface area (Å²) in [4.78, 5) is 46.1. The summed E-state index contributed by atoms with van der Waals surface area (Å²) in [6.07, 6.45) is 0.489. The summed E-state index contributed by atoms with van der Waals surface area (Å²) < 4.78 is 0. The van der Waals surface area contributed by atoms with Crippen molar-refractivity contribution in [2.24, 2.45) is 5.92 Å². The number of amides is 4. The Bertz CT molecular complexity index is 423. The molecule has 1 fully saturated rings. The number of hydrogen-bond acceptors (Lipinski definition) is 4. The number of piperazine rings is 1. The van der Waals surface area contributed by atoms with E-state index >= 15 is 0 Å². The highest BCUT2D eigenvalue weighted by Gasteiger charge is 2.33. The van der Waals surface area contributed by atoms with Crippen LogP contribution >= 0.6 is 0 Å². The van der Waals surface area contributed by atoms with Crippen LogP contribution < -0.4 is 10.6 Å². The average molecular weight is 285 g/mol. The summed E-state index contributed by atoms with van der Waals surface area (Å²) in [6, 6.07) is -1.20. The Morgan fingerprint density at radius 3 is 2.75 bits per heavy atom. The van der Waals surface area contributed by atoms with Crippen LogP contribution in [0.2, 0.25) is 0 Å². The van der Waals surface area contributed by atoms with E-state index in [9.17, 15) is 19.2 Å². The summed E-state index contributed by atoms with van der Waals surface area (Å²) in [6.45, 7) is 3.49. The Morgan fingerprint density at radius 1 is 1.50 bits per heavy atom. The molecule has 112 valence electrons. The first-order chi connectivity index (χ1) is 9.31. The van der Waals surface area contributed by atoms with Crippen molar-refractivity contribution in [2.75, 3.05) is 13.1 Å². The SMILES string of the molecule is CC(CCC(=O)O)CNC(=O)N1CC(=O)NC(=O)C1C. The molecule has 3 N–H and O–H groups in total. The van der Waals surface area contributed by atoms with Gasteiger partial charge in [-0.2, -0.15) is 0 Å². The highest BCUT2D eigenvalue weighted by Crippen LogP contribution is 2.07. The normalized spacial score (nSPS) is 20.3. The lowest BCUT2D eigenvalue weighted by Crippen LogP contribution is -2.60. The third kappa shape index (κ3) is 4.52. The van der Waals surface area contributed by atoms with Gasteiger partial charge in [0.25, 0.3) is 0 Å². The van der Waals surface area contributed by atoms with Crippen LogP contribution in [-0.2, 0) is 14.4 Å². The minimum absolute atomic E-state index is 0.000301. The number of carboxylic acid groups (broad SMARTS) is 1. The van der Waals surface area contributed by atoms with Gasteiger partial charge in [0.05, 0.1) is 0 Å². The molecule has 0 aromatic rings. The van der Waals surface area contributed by atoms with E-state index in [4.69, 9.17) is 5.11 Å². The van der Waals surface area contributed by atoms with Crippen molar-refractivity contribution in [1.29, 1.82) is 0 Å². The van der Waals surface area contributed by atoms with E-state index < -0.39 is 29.9 Å². The Kier molecular flexibility index (Phi) is 5.48. The van der Waals surface area contributed by atoms with Crippen molar-refractivity contribution in [1.82, 2.24) is 15.5 Å². The van der Waals surface area contributed by atoms with Crippen molar-refractivity contribution in [3.8, 4) is 0 Å². The minimum Gasteiger partial charge on any atom is -0.481 e. The van der Waals surface area contributed by atoms with Crippen LogP contribution in [0.4, 0.5) is 4.79 Å². The highest BCUT2D eigenvalue weighted by atomic mass is 16.4. The second-order valence-electron chi connectivity index (χ2n) is 4.94. The first-order valence-electron chi connectivity index (χ1n) is 6.41. The molecule has 8 nitrogen and oxygen atoms in total. The minimum atomic E-state index is -0.880. The van der Waals surface area contributed by atoms with Gasteiger partial charge in [0, 0.05) is 13.0 Å². The lowest BCUT2D eigenvalue weighted by Gasteiger charge is -2.31. The summed E-state index contributed by atoms with van der Waals surface area (Å²) in [7, 11) is 0. The standard InChI is InChI=1S/C12H19N3O5/c1-7(3-4-10(17)18)5-13-12(20)15-6-9(16)14-11(19)8(15)2/h7-8H,3-6H2,1-2H3,(H,13,20)(H,17,18)(H,14,16,19). The number of carbonyl (C=O) groups is 4. The maximum absolute atomic E-state index is 11.9. The molecule has 0 spiro atoms. The third-order valence-corrected chi connectivity index (χ3v) is 3.14. The zero-order chi connectivity index (χ0) is 15.3. The molecule has 20 heavy (non-hydrogen) atoms. The number of nitrogens with zero attached hydrogens (tertiary/aromatic N) is 1. The van der Waals surface area contributed by atoms with Crippen LogP contribution in [-0.4, -0.2) is 53.0 Å². The number of nitrogens with one attached hydrogen (secondary N) is 2. The molecule has 0 aliphatic carbocycles.